The minimum absolute atomic E-state index is 0.0734. The van der Waals surface area contributed by atoms with Gasteiger partial charge < -0.3 is 5.32 Å². The van der Waals surface area contributed by atoms with Crippen molar-refractivity contribution in [2.24, 2.45) is 0 Å². The predicted molar refractivity (Wildman–Crippen MR) is 76.3 cm³/mol. The molecule has 1 unspecified atom stereocenters. The average molecular weight is 324 g/mol. The first-order valence-electron chi connectivity index (χ1n) is 6.13. The van der Waals surface area contributed by atoms with E-state index in [1.54, 1.807) is 18.5 Å². The highest BCUT2D eigenvalue weighted by Crippen LogP contribution is 2.25. The summed E-state index contributed by atoms with van der Waals surface area (Å²) >= 11 is 3.30. The molecule has 0 amide bonds. The van der Waals surface area contributed by atoms with Crippen LogP contribution >= 0.6 is 15.9 Å². The smallest absolute Gasteiger partial charge is 0.137 e. The van der Waals surface area contributed by atoms with Crippen LogP contribution in [-0.4, -0.2) is 16.5 Å². The van der Waals surface area contributed by atoms with Crippen LogP contribution in [0.25, 0.3) is 0 Å². The number of benzene rings is 1. The van der Waals surface area contributed by atoms with Crippen LogP contribution in [0.1, 0.15) is 24.1 Å². The van der Waals surface area contributed by atoms with Crippen molar-refractivity contribution in [1.29, 1.82) is 0 Å². The molecular formula is C14H15BrFN3. The summed E-state index contributed by atoms with van der Waals surface area (Å²) in [5, 5.41) is 3.37. The quantitative estimate of drug-likeness (QED) is 0.917. The van der Waals surface area contributed by atoms with Gasteiger partial charge in [-0.2, -0.15) is 0 Å². The molecule has 2 aromatic rings. The Labute approximate surface area is 120 Å². The van der Waals surface area contributed by atoms with Crippen molar-refractivity contribution >= 4 is 15.9 Å². The number of rotatable bonds is 5. The summed E-state index contributed by atoms with van der Waals surface area (Å²) in [4.78, 5) is 8.07. The van der Waals surface area contributed by atoms with E-state index in [-0.39, 0.29) is 11.9 Å². The van der Waals surface area contributed by atoms with Crippen LogP contribution in [0.3, 0.4) is 0 Å². The fraction of sp³-hybridized carbons (Fsp3) is 0.286. The molecule has 0 bridgehead atoms. The maximum atomic E-state index is 13.5. The van der Waals surface area contributed by atoms with Gasteiger partial charge in [-0.15, -0.1) is 0 Å². The molecule has 5 heteroatoms. The monoisotopic (exact) mass is 323 g/mol. The van der Waals surface area contributed by atoms with E-state index in [0.29, 0.717) is 10.9 Å². The van der Waals surface area contributed by atoms with Crippen molar-refractivity contribution < 1.29 is 4.39 Å². The summed E-state index contributed by atoms with van der Waals surface area (Å²) in [5.41, 5.74) is 1.93. The van der Waals surface area contributed by atoms with Crippen LogP contribution in [0.5, 0.6) is 0 Å². The second kappa shape index (κ2) is 6.73. The molecule has 0 fully saturated rings. The highest BCUT2D eigenvalue weighted by atomic mass is 79.9. The number of halogens is 2. The highest BCUT2D eigenvalue weighted by molar-refractivity contribution is 9.10. The summed E-state index contributed by atoms with van der Waals surface area (Å²) in [5.74, 6) is -0.239. The molecule has 0 aliphatic rings. The third kappa shape index (κ3) is 3.58. The summed E-state index contributed by atoms with van der Waals surface area (Å²) in [7, 11) is 0. The molecule has 1 aromatic heterocycles. The van der Waals surface area contributed by atoms with Gasteiger partial charge in [0.05, 0.1) is 4.47 Å². The van der Waals surface area contributed by atoms with Crippen LogP contribution < -0.4 is 5.32 Å². The Morgan fingerprint density at radius 2 is 2.05 bits per heavy atom. The standard InChI is InChI=1S/C14H15BrFN3/c1-2-19-13(11-7-17-9-18-8-11)6-10-4-3-5-12(16)14(10)15/h3-5,7-9,13,19H,2,6H2,1H3. The van der Waals surface area contributed by atoms with Gasteiger partial charge in [0.1, 0.15) is 12.1 Å². The van der Waals surface area contributed by atoms with Gasteiger partial charge in [-0.05, 0) is 40.5 Å². The molecule has 1 N–H and O–H groups in total. The van der Waals surface area contributed by atoms with E-state index in [1.165, 1.54) is 12.4 Å². The zero-order valence-electron chi connectivity index (χ0n) is 10.6. The lowest BCUT2D eigenvalue weighted by Crippen LogP contribution is -2.23. The number of hydrogen-bond donors (Lipinski definition) is 1. The van der Waals surface area contributed by atoms with E-state index in [1.807, 2.05) is 13.0 Å². The minimum atomic E-state index is -0.239. The van der Waals surface area contributed by atoms with Crippen molar-refractivity contribution in [1.82, 2.24) is 15.3 Å². The Balaban J connectivity index is 2.24. The normalized spacial score (nSPS) is 12.4. The van der Waals surface area contributed by atoms with Crippen molar-refractivity contribution in [3.63, 3.8) is 0 Å². The molecule has 2 rings (SSSR count). The van der Waals surface area contributed by atoms with E-state index >= 15 is 0 Å². The van der Waals surface area contributed by atoms with Crippen molar-refractivity contribution in [3.05, 3.63) is 58.3 Å². The van der Waals surface area contributed by atoms with Crippen molar-refractivity contribution in [2.75, 3.05) is 6.54 Å². The fourth-order valence-corrected chi connectivity index (χ4v) is 2.40. The van der Waals surface area contributed by atoms with Crippen LogP contribution in [-0.2, 0) is 6.42 Å². The van der Waals surface area contributed by atoms with Crippen LogP contribution in [0.15, 0.2) is 41.4 Å². The molecule has 19 heavy (non-hydrogen) atoms. The first-order valence-corrected chi connectivity index (χ1v) is 6.92. The third-order valence-electron chi connectivity index (χ3n) is 2.89. The third-order valence-corrected chi connectivity index (χ3v) is 3.78. The maximum Gasteiger partial charge on any atom is 0.137 e. The lowest BCUT2D eigenvalue weighted by Gasteiger charge is -2.18. The predicted octanol–water partition coefficient (Wildman–Crippen LogP) is 3.27. The molecule has 1 aromatic carbocycles. The van der Waals surface area contributed by atoms with Crippen molar-refractivity contribution in [3.8, 4) is 0 Å². The molecule has 0 spiro atoms. The van der Waals surface area contributed by atoms with Gasteiger partial charge in [-0.25, -0.2) is 14.4 Å². The molecule has 1 heterocycles. The fourth-order valence-electron chi connectivity index (χ4n) is 1.97. The van der Waals surface area contributed by atoms with Gasteiger partial charge in [0.15, 0.2) is 0 Å². The Kier molecular flexibility index (Phi) is 4.99. The van der Waals surface area contributed by atoms with Crippen LogP contribution in [0.4, 0.5) is 4.39 Å². The van der Waals surface area contributed by atoms with Gasteiger partial charge in [0, 0.05) is 24.0 Å². The molecular weight excluding hydrogens is 309 g/mol. The zero-order chi connectivity index (χ0) is 13.7. The van der Waals surface area contributed by atoms with E-state index in [0.717, 1.165) is 17.7 Å². The van der Waals surface area contributed by atoms with E-state index in [2.05, 4.69) is 31.2 Å². The molecule has 1 atom stereocenters. The van der Waals surface area contributed by atoms with E-state index in [4.69, 9.17) is 0 Å². The first-order chi connectivity index (χ1) is 9.22. The Bertz CT molecular complexity index is 533. The van der Waals surface area contributed by atoms with Gasteiger partial charge >= 0.3 is 0 Å². The van der Waals surface area contributed by atoms with Crippen molar-refractivity contribution in [2.45, 2.75) is 19.4 Å². The second-order valence-electron chi connectivity index (χ2n) is 4.20. The maximum absolute atomic E-state index is 13.5. The molecule has 100 valence electrons. The lowest BCUT2D eigenvalue weighted by molar-refractivity contribution is 0.541. The largest absolute Gasteiger partial charge is 0.310 e. The Morgan fingerprint density at radius 1 is 1.32 bits per heavy atom. The molecule has 0 aliphatic carbocycles. The molecule has 0 saturated heterocycles. The number of aromatic nitrogens is 2. The second-order valence-corrected chi connectivity index (χ2v) is 4.99. The van der Waals surface area contributed by atoms with E-state index in [9.17, 15) is 4.39 Å². The lowest BCUT2D eigenvalue weighted by atomic mass is 10.0. The van der Waals surface area contributed by atoms with Gasteiger partial charge in [0.25, 0.3) is 0 Å². The SMILES string of the molecule is CCNC(Cc1cccc(F)c1Br)c1cncnc1. The zero-order valence-corrected chi connectivity index (χ0v) is 12.2. The summed E-state index contributed by atoms with van der Waals surface area (Å²) in [6, 6.07) is 5.16. The number of hydrogen-bond acceptors (Lipinski definition) is 3. The molecule has 3 nitrogen and oxygen atoms in total. The number of nitrogens with zero attached hydrogens (tertiary/aromatic N) is 2. The van der Waals surface area contributed by atoms with E-state index < -0.39 is 0 Å². The summed E-state index contributed by atoms with van der Waals surface area (Å²) in [6.45, 7) is 2.86. The minimum Gasteiger partial charge on any atom is -0.310 e. The molecule has 0 saturated carbocycles. The topological polar surface area (TPSA) is 37.8 Å². The van der Waals surface area contributed by atoms with Crippen LogP contribution in [0, 0.1) is 5.82 Å². The Hall–Kier alpha value is -1.33. The number of nitrogens with one attached hydrogen (secondary N) is 1. The average Bonchev–Trinajstić information content (AvgIpc) is 2.44. The molecule has 0 aliphatic heterocycles. The summed E-state index contributed by atoms with van der Waals surface area (Å²) in [6.07, 6.45) is 5.76. The highest BCUT2D eigenvalue weighted by Gasteiger charge is 2.14. The van der Waals surface area contributed by atoms with Crippen LogP contribution in [0.2, 0.25) is 0 Å². The van der Waals surface area contributed by atoms with Gasteiger partial charge in [-0.1, -0.05) is 19.1 Å². The first kappa shape index (κ1) is 14.1. The van der Waals surface area contributed by atoms with Gasteiger partial charge in [-0.3, -0.25) is 0 Å². The molecule has 0 radical (unpaired) electrons. The summed E-state index contributed by atoms with van der Waals surface area (Å²) < 4.78 is 14.0. The Morgan fingerprint density at radius 3 is 2.74 bits per heavy atom. The number of likely N-dealkylation sites (N-methyl/N-ethyl adjacent to an activating group) is 1. The van der Waals surface area contributed by atoms with Gasteiger partial charge in [0.2, 0.25) is 0 Å².